The van der Waals surface area contributed by atoms with Crippen molar-refractivity contribution in [3.63, 3.8) is 0 Å². The molecule has 0 unspecified atom stereocenters. The largest absolute Gasteiger partial charge is 0.480 e. The number of rotatable bonds is 6. The first-order valence-corrected chi connectivity index (χ1v) is 8.26. The Bertz CT molecular complexity index is 775. The summed E-state index contributed by atoms with van der Waals surface area (Å²) >= 11 is 0. The predicted octanol–water partition coefficient (Wildman–Crippen LogP) is 2.14. The first-order chi connectivity index (χ1) is 10.8. The van der Waals surface area contributed by atoms with Gasteiger partial charge >= 0.3 is 5.97 Å². The number of carboxylic acid groups (broad SMARTS) is 1. The quantitative estimate of drug-likeness (QED) is 0.876. The Labute approximate surface area is 134 Å². The molecule has 1 N–H and O–H groups in total. The van der Waals surface area contributed by atoms with Crippen LogP contribution in [0.1, 0.15) is 5.56 Å². The second-order valence-electron chi connectivity index (χ2n) is 5.02. The minimum atomic E-state index is -3.93. The Balaban J connectivity index is 2.30. The topological polar surface area (TPSA) is 74.7 Å². The minimum Gasteiger partial charge on any atom is -0.480 e. The standard InChI is InChI=1S/C16H16FNO4S/c1-18(23(21,22)14-5-3-2-4-6-14)15(16(19)20)11-12-7-9-13(17)10-8-12/h2-10,15H,11H2,1H3,(H,19,20)/t15-/m0/s1. The molecule has 0 aliphatic rings. The second-order valence-corrected chi connectivity index (χ2v) is 7.02. The summed E-state index contributed by atoms with van der Waals surface area (Å²) in [6, 6.07) is 11.6. The number of hydrogen-bond acceptors (Lipinski definition) is 3. The van der Waals surface area contributed by atoms with Crippen molar-refractivity contribution in [2.24, 2.45) is 0 Å². The summed E-state index contributed by atoms with van der Waals surface area (Å²) < 4.78 is 38.8. The lowest BCUT2D eigenvalue weighted by atomic mass is 10.1. The van der Waals surface area contributed by atoms with Crippen LogP contribution in [0.15, 0.2) is 59.5 Å². The molecule has 0 saturated heterocycles. The van der Waals surface area contributed by atoms with Gasteiger partial charge in [0.25, 0.3) is 0 Å². The number of carbonyl (C=O) groups is 1. The molecule has 23 heavy (non-hydrogen) atoms. The molecule has 0 aromatic heterocycles. The number of hydrogen-bond donors (Lipinski definition) is 1. The smallest absolute Gasteiger partial charge is 0.322 e. The van der Waals surface area contributed by atoms with Crippen LogP contribution in [0, 0.1) is 5.82 Å². The van der Waals surface area contributed by atoms with Crippen molar-refractivity contribution in [2.45, 2.75) is 17.4 Å². The lowest BCUT2D eigenvalue weighted by molar-refractivity contribution is -0.141. The van der Waals surface area contributed by atoms with Crippen LogP contribution in [0.5, 0.6) is 0 Å². The zero-order valence-corrected chi connectivity index (χ0v) is 13.2. The third-order valence-corrected chi connectivity index (χ3v) is 5.37. The Morgan fingerprint density at radius 1 is 1.13 bits per heavy atom. The van der Waals surface area contributed by atoms with Gasteiger partial charge in [0.05, 0.1) is 4.90 Å². The van der Waals surface area contributed by atoms with Crippen LogP contribution < -0.4 is 0 Å². The van der Waals surface area contributed by atoms with Gasteiger partial charge in [-0.1, -0.05) is 30.3 Å². The maximum absolute atomic E-state index is 12.9. The van der Waals surface area contributed by atoms with Gasteiger partial charge in [-0.2, -0.15) is 4.31 Å². The number of carboxylic acids is 1. The van der Waals surface area contributed by atoms with Gasteiger partial charge in [0.15, 0.2) is 0 Å². The van der Waals surface area contributed by atoms with E-state index in [4.69, 9.17) is 0 Å². The molecule has 0 saturated carbocycles. The van der Waals surface area contributed by atoms with Crippen LogP contribution in [0.4, 0.5) is 4.39 Å². The Hall–Kier alpha value is -2.25. The summed E-state index contributed by atoms with van der Waals surface area (Å²) in [5, 5.41) is 9.39. The molecular formula is C16H16FNO4S. The predicted molar refractivity (Wildman–Crippen MR) is 82.9 cm³/mol. The lowest BCUT2D eigenvalue weighted by Gasteiger charge is -2.24. The number of nitrogens with zero attached hydrogens (tertiary/aromatic N) is 1. The maximum atomic E-state index is 12.9. The van der Waals surface area contributed by atoms with Crippen LogP contribution in [0.2, 0.25) is 0 Å². The van der Waals surface area contributed by atoms with Gasteiger partial charge in [-0.15, -0.1) is 0 Å². The van der Waals surface area contributed by atoms with Crippen molar-refractivity contribution in [1.82, 2.24) is 4.31 Å². The molecule has 122 valence electrons. The molecule has 0 heterocycles. The van der Waals surface area contributed by atoms with Gasteiger partial charge in [-0.3, -0.25) is 4.79 Å². The zero-order valence-electron chi connectivity index (χ0n) is 12.4. The molecule has 2 aromatic rings. The van der Waals surface area contributed by atoms with Crippen molar-refractivity contribution in [1.29, 1.82) is 0 Å². The summed E-state index contributed by atoms with van der Waals surface area (Å²) in [4.78, 5) is 11.5. The maximum Gasteiger partial charge on any atom is 0.322 e. The van der Waals surface area contributed by atoms with Gasteiger partial charge in [0, 0.05) is 7.05 Å². The molecule has 7 heteroatoms. The summed E-state index contributed by atoms with van der Waals surface area (Å²) in [7, 11) is -2.71. The molecule has 0 aliphatic carbocycles. The highest BCUT2D eigenvalue weighted by Crippen LogP contribution is 2.19. The fourth-order valence-corrected chi connectivity index (χ4v) is 3.47. The van der Waals surface area contributed by atoms with Crippen LogP contribution in [-0.2, 0) is 21.2 Å². The highest BCUT2D eigenvalue weighted by molar-refractivity contribution is 7.89. The van der Waals surface area contributed by atoms with E-state index in [9.17, 15) is 22.7 Å². The van der Waals surface area contributed by atoms with E-state index in [-0.39, 0.29) is 11.3 Å². The van der Waals surface area contributed by atoms with Gasteiger partial charge in [-0.25, -0.2) is 12.8 Å². The Kier molecular flexibility index (Phi) is 5.12. The van der Waals surface area contributed by atoms with Gasteiger partial charge in [0.2, 0.25) is 10.0 Å². The van der Waals surface area contributed by atoms with Crippen molar-refractivity contribution in [3.8, 4) is 0 Å². The van der Waals surface area contributed by atoms with Gasteiger partial charge < -0.3 is 5.11 Å². The molecule has 1 atom stereocenters. The fraction of sp³-hybridized carbons (Fsp3) is 0.188. The molecular weight excluding hydrogens is 321 g/mol. The summed E-state index contributed by atoms with van der Waals surface area (Å²) in [6.07, 6.45) is -0.0574. The molecule has 0 radical (unpaired) electrons. The average molecular weight is 337 g/mol. The molecule has 0 spiro atoms. The van der Waals surface area contributed by atoms with E-state index in [2.05, 4.69) is 0 Å². The van der Waals surface area contributed by atoms with Crippen LogP contribution in [-0.4, -0.2) is 36.9 Å². The highest BCUT2D eigenvalue weighted by Gasteiger charge is 2.32. The third-order valence-electron chi connectivity index (χ3n) is 3.49. The molecule has 2 rings (SSSR count). The number of benzene rings is 2. The third kappa shape index (κ3) is 3.94. The molecule has 0 amide bonds. The van der Waals surface area contributed by atoms with E-state index in [0.717, 1.165) is 4.31 Å². The van der Waals surface area contributed by atoms with E-state index in [0.29, 0.717) is 5.56 Å². The van der Waals surface area contributed by atoms with Crippen molar-refractivity contribution in [2.75, 3.05) is 7.05 Å². The number of halogens is 1. The highest BCUT2D eigenvalue weighted by atomic mass is 32.2. The van der Waals surface area contributed by atoms with Gasteiger partial charge in [-0.05, 0) is 36.2 Å². The first-order valence-electron chi connectivity index (χ1n) is 6.82. The van der Waals surface area contributed by atoms with E-state index < -0.39 is 27.9 Å². The van der Waals surface area contributed by atoms with E-state index in [1.807, 2.05) is 0 Å². The Morgan fingerprint density at radius 3 is 2.22 bits per heavy atom. The van der Waals surface area contributed by atoms with E-state index in [1.54, 1.807) is 18.2 Å². The molecule has 0 fully saturated rings. The van der Waals surface area contributed by atoms with Crippen molar-refractivity contribution in [3.05, 3.63) is 66.0 Å². The second kappa shape index (κ2) is 6.89. The summed E-state index contributed by atoms with van der Waals surface area (Å²) in [6.45, 7) is 0. The lowest BCUT2D eigenvalue weighted by Crippen LogP contribution is -2.43. The molecule has 0 bridgehead atoms. The number of aliphatic carboxylic acids is 1. The normalized spacial score (nSPS) is 13.0. The van der Waals surface area contributed by atoms with E-state index >= 15 is 0 Å². The van der Waals surface area contributed by atoms with Gasteiger partial charge in [0.1, 0.15) is 11.9 Å². The molecule has 2 aromatic carbocycles. The van der Waals surface area contributed by atoms with E-state index in [1.165, 1.54) is 43.4 Å². The van der Waals surface area contributed by atoms with Crippen molar-refractivity contribution >= 4 is 16.0 Å². The molecule has 5 nitrogen and oxygen atoms in total. The minimum absolute atomic E-state index is 0.0212. The molecule has 0 aliphatic heterocycles. The number of likely N-dealkylation sites (N-methyl/N-ethyl adjacent to an activating group) is 1. The van der Waals surface area contributed by atoms with Crippen molar-refractivity contribution < 1.29 is 22.7 Å². The summed E-state index contributed by atoms with van der Waals surface area (Å²) in [5.74, 6) is -1.71. The van der Waals surface area contributed by atoms with Crippen LogP contribution in [0.25, 0.3) is 0 Å². The number of sulfonamides is 1. The fourth-order valence-electron chi connectivity index (χ4n) is 2.14. The monoisotopic (exact) mass is 337 g/mol. The van der Waals surface area contributed by atoms with Crippen LogP contribution >= 0.6 is 0 Å². The Morgan fingerprint density at radius 2 is 1.70 bits per heavy atom. The summed E-state index contributed by atoms with van der Waals surface area (Å²) in [5.41, 5.74) is 0.536. The SMILES string of the molecule is CN([C@@H](Cc1ccc(F)cc1)C(=O)O)S(=O)(=O)c1ccccc1. The van der Waals surface area contributed by atoms with Crippen LogP contribution in [0.3, 0.4) is 0 Å². The zero-order chi connectivity index (χ0) is 17.0. The average Bonchev–Trinajstić information content (AvgIpc) is 2.54. The first kappa shape index (κ1) is 17.1.